The molecule has 1 unspecified atom stereocenters. The van der Waals surface area contributed by atoms with Crippen molar-refractivity contribution in [3.8, 4) is 0 Å². The van der Waals surface area contributed by atoms with Gasteiger partial charge in [0.25, 0.3) is 0 Å². The van der Waals surface area contributed by atoms with E-state index >= 15 is 0 Å². The Morgan fingerprint density at radius 1 is 1.40 bits per heavy atom. The van der Waals surface area contributed by atoms with Crippen LogP contribution in [-0.2, 0) is 4.79 Å². The number of hydrogen-bond acceptors (Lipinski definition) is 3. The zero-order valence-corrected chi connectivity index (χ0v) is 9.54. The second-order valence-corrected chi connectivity index (χ2v) is 4.42. The van der Waals surface area contributed by atoms with Crippen LogP contribution in [0.2, 0.25) is 0 Å². The van der Waals surface area contributed by atoms with E-state index in [1.54, 1.807) is 0 Å². The average molecular weight is 211 g/mol. The molecular formula is C11H21N3O. The Morgan fingerprint density at radius 3 is 3.00 bits per heavy atom. The third-order valence-electron chi connectivity index (χ3n) is 3.50. The smallest absolute Gasteiger partial charge is 0.224 e. The predicted molar refractivity (Wildman–Crippen MR) is 59.7 cm³/mol. The number of nitrogens with zero attached hydrogens (tertiary/aromatic N) is 2. The van der Waals surface area contributed by atoms with E-state index in [-0.39, 0.29) is 0 Å². The number of hydrogen-bond donors (Lipinski definition) is 1. The van der Waals surface area contributed by atoms with Crippen molar-refractivity contribution in [3.05, 3.63) is 0 Å². The lowest BCUT2D eigenvalue weighted by Crippen LogP contribution is -2.42. The van der Waals surface area contributed by atoms with E-state index in [2.05, 4.69) is 22.0 Å². The number of carbonyl (C=O) groups is 1. The van der Waals surface area contributed by atoms with Gasteiger partial charge in [-0.1, -0.05) is 6.92 Å². The molecule has 1 atom stereocenters. The Kier molecular flexibility index (Phi) is 3.59. The molecule has 2 aliphatic rings. The largest absolute Gasteiger partial charge is 0.337 e. The molecule has 2 rings (SSSR count). The molecule has 2 fully saturated rings. The third kappa shape index (κ3) is 2.49. The average Bonchev–Trinajstić information content (AvgIpc) is 2.62. The van der Waals surface area contributed by atoms with Gasteiger partial charge in [-0.15, -0.1) is 0 Å². The first-order valence-corrected chi connectivity index (χ1v) is 6.04. The lowest BCUT2D eigenvalue weighted by molar-refractivity contribution is -0.132. The minimum atomic E-state index is 0.336. The van der Waals surface area contributed by atoms with Crippen LogP contribution in [0.15, 0.2) is 0 Å². The van der Waals surface area contributed by atoms with E-state index in [4.69, 9.17) is 0 Å². The summed E-state index contributed by atoms with van der Waals surface area (Å²) in [7, 11) is 0. The first-order valence-electron chi connectivity index (χ1n) is 6.04. The molecule has 4 nitrogen and oxygen atoms in total. The molecule has 86 valence electrons. The third-order valence-corrected chi connectivity index (χ3v) is 3.50. The molecule has 0 radical (unpaired) electrons. The number of likely N-dealkylation sites (N-methyl/N-ethyl adjacent to an activating group) is 1. The number of rotatable bonds is 2. The fourth-order valence-electron chi connectivity index (χ4n) is 2.53. The summed E-state index contributed by atoms with van der Waals surface area (Å²) in [6, 6.07) is 0.470. The van der Waals surface area contributed by atoms with Gasteiger partial charge in [-0.2, -0.15) is 0 Å². The van der Waals surface area contributed by atoms with Gasteiger partial charge in [0.05, 0.1) is 0 Å². The van der Waals surface area contributed by atoms with Crippen LogP contribution in [-0.4, -0.2) is 61.0 Å². The van der Waals surface area contributed by atoms with Crippen molar-refractivity contribution in [1.29, 1.82) is 0 Å². The fourth-order valence-corrected chi connectivity index (χ4v) is 2.53. The molecule has 2 heterocycles. The van der Waals surface area contributed by atoms with E-state index < -0.39 is 0 Å². The summed E-state index contributed by atoms with van der Waals surface area (Å²) in [4.78, 5) is 16.4. The monoisotopic (exact) mass is 211 g/mol. The number of nitrogens with one attached hydrogen (secondary N) is 1. The molecule has 15 heavy (non-hydrogen) atoms. The van der Waals surface area contributed by atoms with E-state index in [9.17, 15) is 4.79 Å². The quantitative estimate of drug-likeness (QED) is 0.693. The highest BCUT2D eigenvalue weighted by Gasteiger charge is 2.30. The number of amides is 1. The van der Waals surface area contributed by atoms with Crippen molar-refractivity contribution in [2.75, 3.05) is 39.3 Å². The maximum Gasteiger partial charge on any atom is 0.224 e. The van der Waals surface area contributed by atoms with Gasteiger partial charge < -0.3 is 15.1 Å². The van der Waals surface area contributed by atoms with Crippen LogP contribution in [0.25, 0.3) is 0 Å². The predicted octanol–water partition coefficient (Wildman–Crippen LogP) is -0.0975. The topological polar surface area (TPSA) is 35.6 Å². The Morgan fingerprint density at radius 2 is 2.27 bits per heavy atom. The zero-order valence-electron chi connectivity index (χ0n) is 9.54. The molecule has 0 spiro atoms. The summed E-state index contributed by atoms with van der Waals surface area (Å²) in [5.41, 5.74) is 0. The van der Waals surface area contributed by atoms with Crippen molar-refractivity contribution in [3.63, 3.8) is 0 Å². The van der Waals surface area contributed by atoms with Gasteiger partial charge in [-0.25, -0.2) is 0 Å². The SMILES string of the molecule is CCN1CCC(N2CCNCCC2=O)C1. The van der Waals surface area contributed by atoms with Gasteiger partial charge in [0.1, 0.15) is 0 Å². The fraction of sp³-hybridized carbons (Fsp3) is 0.909. The summed E-state index contributed by atoms with van der Waals surface area (Å²) in [5, 5.41) is 3.28. The van der Waals surface area contributed by atoms with E-state index in [0.717, 1.165) is 45.7 Å². The molecule has 1 amide bonds. The molecule has 1 N–H and O–H groups in total. The van der Waals surface area contributed by atoms with Gasteiger partial charge >= 0.3 is 0 Å². The first-order chi connectivity index (χ1) is 7.31. The van der Waals surface area contributed by atoms with Gasteiger partial charge in [0, 0.05) is 45.2 Å². The Labute approximate surface area is 91.6 Å². The van der Waals surface area contributed by atoms with Crippen LogP contribution >= 0.6 is 0 Å². The van der Waals surface area contributed by atoms with Crippen LogP contribution in [0.4, 0.5) is 0 Å². The lowest BCUT2D eigenvalue weighted by Gasteiger charge is -2.27. The highest BCUT2D eigenvalue weighted by Crippen LogP contribution is 2.16. The summed E-state index contributed by atoms with van der Waals surface area (Å²) < 4.78 is 0. The standard InChI is InChI=1S/C11H21N3O/c1-2-13-7-4-10(9-13)14-8-6-12-5-3-11(14)15/h10,12H,2-9H2,1H3. The highest BCUT2D eigenvalue weighted by molar-refractivity contribution is 5.77. The minimum absolute atomic E-state index is 0.336. The maximum atomic E-state index is 11.9. The molecule has 0 aromatic heterocycles. The Balaban J connectivity index is 1.93. The van der Waals surface area contributed by atoms with Crippen molar-refractivity contribution in [2.45, 2.75) is 25.8 Å². The second-order valence-electron chi connectivity index (χ2n) is 4.42. The van der Waals surface area contributed by atoms with E-state index in [1.807, 2.05) is 0 Å². The summed E-state index contributed by atoms with van der Waals surface area (Å²) in [5.74, 6) is 0.336. The van der Waals surface area contributed by atoms with Crippen molar-refractivity contribution in [2.24, 2.45) is 0 Å². The normalized spacial score (nSPS) is 29.5. The van der Waals surface area contributed by atoms with Gasteiger partial charge in [0.2, 0.25) is 5.91 Å². The maximum absolute atomic E-state index is 11.9. The first kappa shape index (κ1) is 10.9. The van der Waals surface area contributed by atoms with Gasteiger partial charge in [0.15, 0.2) is 0 Å². The summed E-state index contributed by atoms with van der Waals surface area (Å²) >= 11 is 0. The molecule has 2 saturated heterocycles. The van der Waals surface area contributed by atoms with Crippen molar-refractivity contribution >= 4 is 5.91 Å². The van der Waals surface area contributed by atoms with Gasteiger partial charge in [-0.05, 0) is 13.0 Å². The van der Waals surface area contributed by atoms with Crippen molar-refractivity contribution in [1.82, 2.24) is 15.1 Å². The molecule has 0 bridgehead atoms. The Bertz CT molecular complexity index is 232. The van der Waals surface area contributed by atoms with Crippen LogP contribution in [0.1, 0.15) is 19.8 Å². The summed E-state index contributed by atoms with van der Waals surface area (Å²) in [6.07, 6.45) is 1.82. The number of likely N-dealkylation sites (tertiary alicyclic amines) is 1. The van der Waals surface area contributed by atoms with Crippen LogP contribution in [0, 0.1) is 0 Å². The molecule has 2 aliphatic heterocycles. The minimum Gasteiger partial charge on any atom is -0.337 e. The van der Waals surface area contributed by atoms with E-state index in [1.165, 1.54) is 0 Å². The van der Waals surface area contributed by atoms with Crippen molar-refractivity contribution < 1.29 is 4.79 Å². The zero-order chi connectivity index (χ0) is 10.7. The van der Waals surface area contributed by atoms with E-state index in [0.29, 0.717) is 18.4 Å². The Hall–Kier alpha value is -0.610. The molecule has 4 heteroatoms. The molecular weight excluding hydrogens is 190 g/mol. The second kappa shape index (κ2) is 4.94. The molecule has 0 saturated carbocycles. The summed E-state index contributed by atoms with van der Waals surface area (Å²) in [6.45, 7) is 8.21. The lowest BCUT2D eigenvalue weighted by atomic mass is 10.2. The van der Waals surface area contributed by atoms with Crippen LogP contribution in [0.3, 0.4) is 0 Å². The van der Waals surface area contributed by atoms with Crippen LogP contribution in [0.5, 0.6) is 0 Å². The molecule has 0 aliphatic carbocycles. The molecule has 0 aromatic rings. The van der Waals surface area contributed by atoms with Crippen LogP contribution < -0.4 is 5.32 Å². The van der Waals surface area contributed by atoms with Gasteiger partial charge in [-0.3, -0.25) is 4.79 Å². The highest BCUT2D eigenvalue weighted by atomic mass is 16.2. The number of carbonyl (C=O) groups excluding carboxylic acids is 1. The molecule has 0 aromatic carbocycles.